The van der Waals surface area contributed by atoms with E-state index in [9.17, 15) is 14.7 Å². The molecule has 5 nitrogen and oxygen atoms in total. The van der Waals surface area contributed by atoms with Gasteiger partial charge in [0.25, 0.3) is 0 Å². The van der Waals surface area contributed by atoms with Gasteiger partial charge in [-0.15, -0.1) is 0 Å². The first-order valence-corrected chi connectivity index (χ1v) is 8.13. The quantitative estimate of drug-likeness (QED) is 0.930. The van der Waals surface area contributed by atoms with Gasteiger partial charge in [0, 0.05) is 12.6 Å². The van der Waals surface area contributed by atoms with Crippen molar-refractivity contribution in [1.82, 2.24) is 4.90 Å². The molecule has 1 aliphatic heterocycles. The number of aliphatic carboxylic acids is 1. The molecule has 1 saturated carbocycles. The molecule has 2 aliphatic rings. The monoisotopic (exact) mass is 317 g/mol. The van der Waals surface area contributed by atoms with Crippen LogP contribution < -0.4 is 0 Å². The normalized spacial score (nSPS) is 28.4. The molecule has 0 spiro atoms. The Hall–Kier alpha value is -2.04. The predicted molar refractivity (Wildman–Crippen MR) is 84.8 cm³/mol. The number of benzene rings is 1. The second kappa shape index (κ2) is 5.87. The van der Waals surface area contributed by atoms with Gasteiger partial charge in [-0.05, 0) is 29.7 Å². The van der Waals surface area contributed by atoms with Gasteiger partial charge in [0.1, 0.15) is 6.61 Å². The summed E-state index contributed by atoms with van der Waals surface area (Å²) in [5.41, 5.74) is 0.536. The van der Waals surface area contributed by atoms with Gasteiger partial charge in [-0.25, -0.2) is 4.79 Å². The molecule has 0 bridgehead atoms. The summed E-state index contributed by atoms with van der Waals surface area (Å²) in [7, 11) is 0. The van der Waals surface area contributed by atoms with Crippen LogP contribution in [0.15, 0.2) is 30.3 Å². The Morgan fingerprint density at radius 1 is 1.30 bits per heavy atom. The van der Waals surface area contributed by atoms with Crippen molar-refractivity contribution in [1.29, 1.82) is 0 Å². The Kier molecular flexibility index (Phi) is 4.04. The minimum atomic E-state index is -0.754. The van der Waals surface area contributed by atoms with Gasteiger partial charge in [0.2, 0.25) is 0 Å². The van der Waals surface area contributed by atoms with Crippen LogP contribution >= 0.6 is 0 Å². The molecule has 5 heteroatoms. The van der Waals surface area contributed by atoms with Crippen LogP contribution in [0.25, 0.3) is 0 Å². The fourth-order valence-electron chi connectivity index (χ4n) is 4.45. The lowest BCUT2D eigenvalue weighted by Gasteiger charge is -2.62. The van der Waals surface area contributed by atoms with E-state index in [4.69, 9.17) is 4.74 Å². The summed E-state index contributed by atoms with van der Waals surface area (Å²) in [5, 5.41) is 9.45. The van der Waals surface area contributed by atoms with Crippen LogP contribution in [0.1, 0.15) is 32.3 Å². The van der Waals surface area contributed by atoms with Crippen molar-refractivity contribution in [2.75, 3.05) is 6.54 Å². The highest BCUT2D eigenvalue weighted by atomic mass is 16.6. The van der Waals surface area contributed by atoms with E-state index in [1.807, 2.05) is 44.2 Å². The molecular formula is C18H23NO4. The molecule has 1 aliphatic carbocycles. The molecule has 0 unspecified atom stereocenters. The zero-order valence-corrected chi connectivity index (χ0v) is 13.6. The third-order valence-electron chi connectivity index (χ3n) is 5.38. The van der Waals surface area contributed by atoms with E-state index in [1.165, 1.54) is 0 Å². The van der Waals surface area contributed by atoms with Crippen LogP contribution in [0.3, 0.4) is 0 Å². The van der Waals surface area contributed by atoms with E-state index in [0.29, 0.717) is 6.54 Å². The van der Waals surface area contributed by atoms with Gasteiger partial charge in [0.05, 0.1) is 5.92 Å². The van der Waals surface area contributed by atoms with Crippen molar-refractivity contribution in [3.8, 4) is 0 Å². The number of rotatable bonds is 3. The number of fused-ring (bicyclic) bond motifs is 1. The molecule has 1 N–H and O–H groups in total. The summed E-state index contributed by atoms with van der Waals surface area (Å²) in [6, 6.07) is 9.53. The molecule has 1 saturated heterocycles. The number of ether oxygens (including phenoxy) is 1. The van der Waals surface area contributed by atoms with Crippen LogP contribution in [0.2, 0.25) is 0 Å². The van der Waals surface area contributed by atoms with Crippen molar-refractivity contribution < 1.29 is 19.4 Å². The molecule has 1 aromatic rings. The fourth-order valence-corrected chi connectivity index (χ4v) is 4.45. The number of hydrogen-bond donors (Lipinski definition) is 1. The first kappa shape index (κ1) is 15.8. The molecule has 1 aromatic carbocycles. The van der Waals surface area contributed by atoms with Gasteiger partial charge in [-0.3, -0.25) is 4.79 Å². The van der Waals surface area contributed by atoms with Crippen LogP contribution in [-0.2, 0) is 16.1 Å². The van der Waals surface area contributed by atoms with Gasteiger partial charge < -0.3 is 14.7 Å². The maximum atomic E-state index is 12.5. The van der Waals surface area contributed by atoms with Gasteiger partial charge in [-0.1, -0.05) is 44.2 Å². The number of hydrogen-bond acceptors (Lipinski definition) is 3. The number of carboxylic acids is 1. The number of piperidine rings is 1. The van der Waals surface area contributed by atoms with Gasteiger partial charge in [0.15, 0.2) is 0 Å². The molecule has 1 heterocycles. The smallest absolute Gasteiger partial charge is 0.410 e. The Labute approximate surface area is 136 Å². The van der Waals surface area contributed by atoms with Gasteiger partial charge >= 0.3 is 12.1 Å². The minimum Gasteiger partial charge on any atom is -0.481 e. The number of nitrogens with zero attached hydrogens (tertiary/aromatic N) is 1. The molecular weight excluding hydrogens is 294 g/mol. The first-order chi connectivity index (χ1) is 10.9. The first-order valence-electron chi connectivity index (χ1n) is 8.13. The number of likely N-dealkylation sites (tertiary alicyclic amines) is 1. The third-order valence-corrected chi connectivity index (χ3v) is 5.38. The van der Waals surface area contributed by atoms with E-state index in [0.717, 1.165) is 18.4 Å². The van der Waals surface area contributed by atoms with Crippen molar-refractivity contribution in [2.24, 2.45) is 17.3 Å². The van der Waals surface area contributed by atoms with E-state index >= 15 is 0 Å². The van der Waals surface area contributed by atoms with E-state index in [1.54, 1.807) is 4.90 Å². The molecule has 23 heavy (non-hydrogen) atoms. The predicted octanol–water partition coefficient (Wildman–Crippen LogP) is 3.14. The number of amides is 1. The average Bonchev–Trinajstić information content (AvgIpc) is 2.52. The molecule has 3 atom stereocenters. The lowest BCUT2D eigenvalue weighted by molar-refractivity contribution is -0.182. The zero-order chi connectivity index (χ0) is 16.6. The van der Waals surface area contributed by atoms with E-state index < -0.39 is 11.4 Å². The fraction of sp³-hybridized carbons (Fsp3) is 0.556. The Bertz CT molecular complexity index is 598. The lowest BCUT2D eigenvalue weighted by atomic mass is 9.49. The number of carbonyl (C=O) groups excluding carboxylic acids is 1. The van der Waals surface area contributed by atoms with Gasteiger partial charge in [-0.2, -0.15) is 0 Å². The second-order valence-corrected chi connectivity index (χ2v) is 7.12. The van der Waals surface area contributed by atoms with E-state index in [2.05, 4.69) is 0 Å². The highest BCUT2D eigenvalue weighted by Crippen LogP contribution is 2.57. The third kappa shape index (κ3) is 2.69. The molecule has 0 radical (unpaired) electrons. The highest BCUT2D eigenvalue weighted by molar-refractivity contribution is 5.75. The second-order valence-electron chi connectivity index (χ2n) is 7.12. The van der Waals surface area contributed by atoms with E-state index in [-0.39, 0.29) is 30.6 Å². The molecule has 2 fully saturated rings. The topological polar surface area (TPSA) is 66.8 Å². The molecule has 3 rings (SSSR count). The van der Waals surface area contributed by atoms with Crippen LogP contribution in [-0.4, -0.2) is 34.7 Å². The summed E-state index contributed by atoms with van der Waals surface area (Å²) in [6.45, 7) is 4.77. The van der Waals surface area contributed by atoms with Crippen LogP contribution in [0.5, 0.6) is 0 Å². The van der Waals surface area contributed by atoms with Crippen LogP contribution in [0, 0.1) is 17.3 Å². The number of carbonyl (C=O) groups is 2. The molecule has 1 amide bonds. The number of carboxylic acid groups (broad SMARTS) is 1. The maximum Gasteiger partial charge on any atom is 0.410 e. The maximum absolute atomic E-state index is 12.5. The summed E-state index contributed by atoms with van der Waals surface area (Å²) < 4.78 is 5.45. The van der Waals surface area contributed by atoms with Crippen molar-refractivity contribution in [2.45, 2.75) is 39.3 Å². The Morgan fingerprint density at radius 3 is 2.65 bits per heavy atom. The standard InChI is InChI=1S/C18H23NO4/c1-18(2)14(16(20)21)13-9-6-10-19(15(13)18)17(22)23-11-12-7-4-3-5-8-12/h3-5,7-8,13-15H,6,9-11H2,1-2H3,(H,20,21)/t13-,14-,15-/m0/s1. The minimum absolute atomic E-state index is 0.0411. The summed E-state index contributed by atoms with van der Waals surface area (Å²) in [5.74, 6) is -1.09. The lowest BCUT2D eigenvalue weighted by Crippen LogP contribution is -2.70. The van der Waals surface area contributed by atoms with Crippen LogP contribution in [0.4, 0.5) is 4.79 Å². The average molecular weight is 317 g/mol. The summed E-state index contributed by atoms with van der Waals surface area (Å²) in [6.07, 6.45) is 1.37. The Balaban J connectivity index is 1.68. The largest absolute Gasteiger partial charge is 0.481 e. The van der Waals surface area contributed by atoms with Crippen molar-refractivity contribution in [3.63, 3.8) is 0 Å². The summed E-state index contributed by atoms with van der Waals surface area (Å²) in [4.78, 5) is 25.7. The zero-order valence-electron chi connectivity index (χ0n) is 13.6. The molecule has 124 valence electrons. The van der Waals surface area contributed by atoms with Crippen molar-refractivity contribution >= 4 is 12.1 Å². The Morgan fingerprint density at radius 2 is 2.00 bits per heavy atom. The summed E-state index contributed by atoms with van der Waals surface area (Å²) >= 11 is 0. The highest BCUT2D eigenvalue weighted by Gasteiger charge is 2.63. The SMILES string of the molecule is CC1(C)[C@H](C(=O)O)[C@@H]2CCCN(C(=O)OCc3ccccc3)[C@@H]21. The molecule has 0 aromatic heterocycles. The van der Waals surface area contributed by atoms with Crippen molar-refractivity contribution in [3.05, 3.63) is 35.9 Å².